The van der Waals surface area contributed by atoms with E-state index < -0.39 is 5.92 Å². The molecule has 3 aromatic rings. The Labute approximate surface area is 173 Å². The third-order valence-electron chi connectivity index (χ3n) is 5.69. The van der Waals surface area contributed by atoms with Gasteiger partial charge in [0.2, 0.25) is 11.8 Å². The second-order valence-electron chi connectivity index (χ2n) is 7.61. The quantitative estimate of drug-likeness (QED) is 0.663. The number of nitrogens with one attached hydrogen (secondary N) is 2. The monoisotopic (exact) mass is 403 g/mol. The molecule has 29 heavy (non-hydrogen) atoms. The van der Waals surface area contributed by atoms with E-state index in [0.29, 0.717) is 10.8 Å². The van der Waals surface area contributed by atoms with Crippen LogP contribution in [0.1, 0.15) is 41.9 Å². The number of thiazole rings is 1. The van der Waals surface area contributed by atoms with Crippen molar-refractivity contribution in [1.29, 1.82) is 0 Å². The summed E-state index contributed by atoms with van der Waals surface area (Å²) in [5.74, 6) is -0.840. The number of fused-ring (bicyclic) bond motifs is 2. The molecular weight excluding hydrogens is 382 g/mol. The minimum Gasteiger partial charge on any atom is -0.326 e. The maximum absolute atomic E-state index is 12.9. The van der Waals surface area contributed by atoms with Crippen LogP contribution < -0.4 is 10.6 Å². The number of nitrogens with zero attached hydrogens (tertiary/aromatic N) is 1. The lowest BCUT2D eigenvalue weighted by atomic mass is 9.90. The molecule has 1 atom stereocenters. The van der Waals surface area contributed by atoms with Gasteiger partial charge >= 0.3 is 0 Å². The molecule has 2 N–H and O–H groups in total. The predicted molar refractivity (Wildman–Crippen MR) is 115 cm³/mol. The SMILES string of the molecule is O=C1CC(C(=O)Nc2nc(-c3ccc4c(c3)CCCC4)cs2)c2ccccc2N1. The summed E-state index contributed by atoms with van der Waals surface area (Å²) in [5, 5.41) is 8.28. The van der Waals surface area contributed by atoms with Crippen LogP contribution in [-0.2, 0) is 22.4 Å². The van der Waals surface area contributed by atoms with Crippen LogP contribution in [0.25, 0.3) is 11.3 Å². The summed E-state index contributed by atoms with van der Waals surface area (Å²) in [4.78, 5) is 29.5. The van der Waals surface area contributed by atoms with E-state index in [2.05, 4.69) is 33.8 Å². The fourth-order valence-corrected chi connectivity index (χ4v) is 4.92. The molecule has 1 aliphatic heterocycles. The summed E-state index contributed by atoms with van der Waals surface area (Å²) in [6.07, 6.45) is 4.93. The Balaban J connectivity index is 1.35. The number of hydrogen-bond acceptors (Lipinski definition) is 4. The number of aromatic nitrogens is 1. The van der Waals surface area contributed by atoms with Crippen molar-refractivity contribution in [3.8, 4) is 11.3 Å². The number of rotatable bonds is 3. The summed E-state index contributed by atoms with van der Waals surface area (Å²) in [6, 6.07) is 14.0. The van der Waals surface area contributed by atoms with Gasteiger partial charge in [-0.05, 0) is 54.5 Å². The largest absolute Gasteiger partial charge is 0.326 e. The molecule has 2 amide bonds. The van der Waals surface area contributed by atoms with E-state index in [1.165, 1.54) is 35.3 Å². The highest BCUT2D eigenvalue weighted by atomic mass is 32.1. The van der Waals surface area contributed by atoms with Crippen molar-refractivity contribution >= 4 is 34.0 Å². The Morgan fingerprint density at radius 3 is 2.83 bits per heavy atom. The number of carbonyl (C=O) groups is 2. The van der Waals surface area contributed by atoms with E-state index in [4.69, 9.17) is 0 Å². The number of carbonyl (C=O) groups excluding carboxylic acids is 2. The van der Waals surface area contributed by atoms with Gasteiger partial charge < -0.3 is 10.6 Å². The first-order valence-corrected chi connectivity index (χ1v) is 10.8. The molecule has 146 valence electrons. The molecule has 6 heteroatoms. The Bertz CT molecular complexity index is 1110. The summed E-state index contributed by atoms with van der Waals surface area (Å²) in [7, 11) is 0. The zero-order valence-electron chi connectivity index (χ0n) is 15.9. The average Bonchev–Trinajstić information content (AvgIpc) is 3.21. The van der Waals surface area contributed by atoms with Crippen LogP contribution >= 0.6 is 11.3 Å². The Morgan fingerprint density at radius 2 is 1.93 bits per heavy atom. The van der Waals surface area contributed by atoms with Crippen LogP contribution in [0.3, 0.4) is 0 Å². The molecule has 0 fully saturated rings. The summed E-state index contributed by atoms with van der Waals surface area (Å²) in [5.41, 5.74) is 6.37. The molecular formula is C23H21N3O2S. The minimum absolute atomic E-state index is 0.141. The molecule has 0 saturated carbocycles. The molecule has 2 aliphatic rings. The second kappa shape index (κ2) is 7.44. The number of para-hydroxylation sites is 1. The first-order valence-electron chi connectivity index (χ1n) is 9.95. The van der Waals surface area contributed by atoms with Gasteiger partial charge in [-0.25, -0.2) is 4.98 Å². The highest BCUT2D eigenvalue weighted by Crippen LogP contribution is 2.34. The van der Waals surface area contributed by atoms with Gasteiger partial charge in [0.25, 0.3) is 0 Å². The van der Waals surface area contributed by atoms with Gasteiger partial charge in [-0.2, -0.15) is 0 Å². The van der Waals surface area contributed by atoms with E-state index in [1.54, 1.807) is 0 Å². The van der Waals surface area contributed by atoms with Crippen LogP contribution in [0.5, 0.6) is 0 Å². The summed E-state index contributed by atoms with van der Waals surface area (Å²) >= 11 is 1.41. The van der Waals surface area contributed by atoms with Gasteiger partial charge in [0.1, 0.15) is 0 Å². The van der Waals surface area contributed by atoms with E-state index >= 15 is 0 Å². The van der Waals surface area contributed by atoms with Gasteiger partial charge in [-0.1, -0.05) is 30.3 Å². The average molecular weight is 404 g/mol. The molecule has 2 aromatic carbocycles. The van der Waals surface area contributed by atoms with Gasteiger partial charge in [-0.3, -0.25) is 9.59 Å². The summed E-state index contributed by atoms with van der Waals surface area (Å²) in [6.45, 7) is 0. The maximum atomic E-state index is 12.9. The fraction of sp³-hybridized carbons (Fsp3) is 0.261. The fourth-order valence-electron chi connectivity index (χ4n) is 4.19. The lowest BCUT2D eigenvalue weighted by molar-refractivity contribution is -0.123. The number of aryl methyl sites for hydroxylation is 2. The van der Waals surface area contributed by atoms with E-state index in [0.717, 1.165) is 29.7 Å². The molecule has 0 saturated heterocycles. The van der Waals surface area contributed by atoms with E-state index in [9.17, 15) is 9.59 Å². The zero-order chi connectivity index (χ0) is 19.8. The van der Waals surface area contributed by atoms with Gasteiger partial charge in [0.15, 0.2) is 5.13 Å². The topological polar surface area (TPSA) is 71.1 Å². The van der Waals surface area contributed by atoms with Crippen LogP contribution in [0.15, 0.2) is 47.8 Å². The van der Waals surface area contributed by atoms with Gasteiger partial charge in [-0.15, -0.1) is 11.3 Å². The minimum atomic E-state index is -0.504. The molecule has 0 bridgehead atoms. The molecule has 1 aromatic heterocycles. The molecule has 1 aliphatic carbocycles. The number of benzene rings is 2. The number of anilines is 2. The molecule has 5 rings (SSSR count). The molecule has 2 heterocycles. The van der Waals surface area contributed by atoms with Gasteiger partial charge in [0.05, 0.1) is 11.6 Å². The number of hydrogen-bond donors (Lipinski definition) is 2. The normalized spacial score (nSPS) is 17.8. The van der Waals surface area contributed by atoms with Crippen molar-refractivity contribution in [2.45, 2.75) is 38.0 Å². The standard InChI is InChI=1S/C23H21N3O2S/c27-21-12-18(17-7-3-4-8-19(17)24-21)22(28)26-23-25-20(13-29-23)16-10-9-14-5-1-2-6-15(14)11-16/h3-4,7-11,13,18H,1-2,5-6,12H2,(H,24,27)(H,25,26,28). The highest BCUT2D eigenvalue weighted by Gasteiger charge is 2.30. The summed E-state index contributed by atoms with van der Waals surface area (Å²) < 4.78 is 0. The second-order valence-corrected chi connectivity index (χ2v) is 8.47. The van der Waals surface area contributed by atoms with Gasteiger partial charge in [0, 0.05) is 23.1 Å². The Morgan fingerprint density at radius 1 is 1.10 bits per heavy atom. The van der Waals surface area contributed by atoms with E-state index in [-0.39, 0.29) is 18.2 Å². The van der Waals surface area contributed by atoms with E-state index in [1.807, 2.05) is 29.6 Å². The van der Waals surface area contributed by atoms with Crippen molar-refractivity contribution in [1.82, 2.24) is 4.98 Å². The van der Waals surface area contributed by atoms with Crippen molar-refractivity contribution in [2.24, 2.45) is 0 Å². The Kier molecular flexibility index (Phi) is 4.64. The highest BCUT2D eigenvalue weighted by molar-refractivity contribution is 7.14. The van der Waals surface area contributed by atoms with Crippen LogP contribution in [-0.4, -0.2) is 16.8 Å². The first kappa shape index (κ1) is 18.1. The third kappa shape index (κ3) is 3.56. The molecule has 0 spiro atoms. The van der Waals surface area contributed by atoms with Crippen molar-refractivity contribution in [3.63, 3.8) is 0 Å². The maximum Gasteiger partial charge on any atom is 0.234 e. The smallest absolute Gasteiger partial charge is 0.234 e. The Hall–Kier alpha value is -2.99. The van der Waals surface area contributed by atoms with Crippen LogP contribution in [0.4, 0.5) is 10.8 Å². The van der Waals surface area contributed by atoms with Crippen molar-refractivity contribution in [3.05, 3.63) is 64.5 Å². The first-order chi connectivity index (χ1) is 14.2. The van der Waals surface area contributed by atoms with Crippen molar-refractivity contribution < 1.29 is 9.59 Å². The van der Waals surface area contributed by atoms with Crippen LogP contribution in [0, 0.1) is 0 Å². The lowest BCUT2D eigenvalue weighted by Crippen LogP contribution is -2.30. The third-order valence-corrected chi connectivity index (χ3v) is 6.45. The predicted octanol–water partition coefficient (Wildman–Crippen LogP) is 4.75. The molecule has 1 unspecified atom stereocenters. The lowest BCUT2D eigenvalue weighted by Gasteiger charge is -2.24. The number of amides is 2. The van der Waals surface area contributed by atoms with Crippen LogP contribution in [0.2, 0.25) is 0 Å². The van der Waals surface area contributed by atoms with Crippen molar-refractivity contribution in [2.75, 3.05) is 10.6 Å². The molecule has 0 radical (unpaired) electrons. The zero-order valence-corrected chi connectivity index (χ0v) is 16.7. The molecule has 5 nitrogen and oxygen atoms in total.